The molecule has 0 aliphatic carbocycles. The van der Waals surface area contributed by atoms with E-state index in [4.69, 9.17) is 5.11 Å². The number of imidazole rings is 1. The Morgan fingerprint density at radius 1 is 0.926 bits per heavy atom. The second-order valence-electron chi connectivity index (χ2n) is 5.93. The largest absolute Gasteiger partial charge is 0.435 e. The topological polar surface area (TPSA) is 63.3 Å². The van der Waals surface area contributed by atoms with Crippen molar-refractivity contribution in [2.75, 3.05) is 0 Å². The minimum atomic E-state index is -4.57. The van der Waals surface area contributed by atoms with Crippen LogP contribution in [0.4, 0.5) is 13.2 Å². The molecule has 136 valence electrons. The Morgan fingerprint density at radius 3 is 2.37 bits per heavy atom. The number of hydrogen-bond acceptors (Lipinski definition) is 4. The molecule has 2 heterocycles. The van der Waals surface area contributed by atoms with Gasteiger partial charge in [-0.1, -0.05) is 42.5 Å². The highest BCUT2D eigenvalue weighted by molar-refractivity contribution is 5.72. The van der Waals surface area contributed by atoms with E-state index in [-0.39, 0.29) is 12.4 Å². The third kappa shape index (κ3) is 3.26. The monoisotopic (exact) mass is 370 g/mol. The summed E-state index contributed by atoms with van der Waals surface area (Å²) < 4.78 is 39.6. The Kier molecular flexibility index (Phi) is 4.12. The van der Waals surface area contributed by atoms with Gasteiger partial charge >= 0.3 is 6.18 Å². The quantitative estimate of drug-likeness (QED) is 0.593. The van der Waals surface area contributed by atoms with E-state index in [2.05, 4.69) is 15.1 Å². The van der Waals surface area contributed by atoms with Gasteiger partial charge in [-0.3, -0.25) is 0 Å². The molecule has 0 bridgehead atoms. The maximum Gasteiger partial charge on any atom is 0.435 e. The molecule has 0 aliphatic heterocycles. The molecule has 0 amide bonds. The molecule has 0 saturated carbocycles. The van der Waals surface area contributed by atoms with Crippen LogP contribution in [0.25, 0.3) is 28.2 Å². The summed E-state index contributed by atoms with van der Waals surface area (Å²) in [6.07, 6.45) is -2.43. The predicted octanol–water partition coefficient (Wildman–Crippen LogP) is 3.97. The first kappa shape index (κ1) is 17.2. The van der Waals surface area contributed by atoms with Crippen LogP contribution in [0.1, 0.15) is 11.3 Å². The first-order valence-electron chi connectivity index (χ1n) is 8.04. The van der Waals surface area contributed by atoms with Crippen molar-refractivity contribution in [3.8, 4) is 22.4 Å². The number of aromatic nitrogens is 4. The van der Waals surface area contributed by atoms with E-state index < -0.39 is 11.9 Å². The van der Waals surface area contributed by atoms with Gasteiger partial charge in [-0.05, 0) is 22.8 Å². The van der Waals surface area contributed by atoms with E-state index in [1.165, 1.54) is 10.7 Å². The molecule has 2 aromatic carbocycles. The van der Waals surface area contributed by atoms with Crippen molar-refractivity contribution < 1.29 is 18.3 Å². The third-order valence-corrected chi connectivity index (χ3v) is 4.15. The van der Waals surface area contributed by atoms with E-state index in [1.807, 2.05) is 48.5 Å². The SMILES string of the molecule is OCc1ccc(-c2cccc(-c3cnc4nc(C(F)(F)F)cnn34)c2)cc1. The van der Waals surface area contributed by atoms with E-state index in [0.29, 0.717) is 11.9 Å². The first-order chi connectivity index (χ1) is 13.0. The van der Waals surface area contributed by atoms with Gasteiger partial charge in [0.05, 0.1) is 24.7 Å². The summed E-state index contributed by atoms with van der Waals surface area (Å²) in [7, 11) is 0. The molecule has 27 heavy (non-hydrogen) atoms. The van der Waals surface area contributed by atoms with Gasteiger partial charge in [-0.15, -0.1) is 0 Å². The number of halogens is 3. The summed E-state index contributed by atoms with van der Waals surface area (Å²) in [5.74, 6) is -0.113. The molecule has 0 atom stereocenters. The number of aliphatic hydroxyl groups is 1. The normalized spacial score (nSPS) is 11.9. The van der Waals surface area contributed by atoms with Gasteiger partial charge in [0.2, 0.25) is 0 Å². The van der Waals surface area contributed by atoms with Crippen molar-refractivity contribution in [2.45, 2.75) is 12.8 Å². The third-order valence-electron chi connectivity index (χ3n) is 4.15. The Hall–Kier alpha value is -3.26. The number of hydrogen-bond donors (Lipinski definition) is 1. The molecule has 4 rings (SSSR count). The summed E-state index contributed by atoms with van der Waals surface area (Å²) >= 11 is 0. The van der Waals surface area contributed by atoms with Crippen LogP contribution in [0.3, 0.4) is 0 Å². The number of benzene rings is 2. The maximum absolute atomic E-state index is 12.8. The Morgan fingerprint density at radius 2 is 1.67 bits per heavy atom. The van der Waals surface area contributed by atoms with Gasteiger partial charge in [-0.2, -0.15) is 22.8 Å². The van der Waals surface area contributed by atoms with E-state index in [9.17, 15) is 13.2 Å². The Labute approximate surface area is 151 Å². The molecular weight excluding hydrogens is 357 g/mol. The molecular formula is C19H13F3N4O. The average molecular weight is 370 g/mol. The van der Waals surface area contributed by atoms with Crippen LogP contribution >= 0.6 is 0 Å². The van der Waals surface area contributed by atoms with Crippen LogP contribution in [0.5, 0.6) is 0 Å². The lowest BCUT2D eigenvalue weighted by Gasteiger charge is -2.07. The maximum atomic E-state index is 12.8. The van der Waals surface area contributed by atoms with Gasteiger partial charge < -0.3 is 5.11 Å². The molecule has 5 nitrogen and oxygen atoms in total. The number of alkyl halides is 3. The molecule has 2 aromatic heterocycles. The van der Waals surface area contributed by atoms with Crippen molar-refractivity contribution in [2.24, 2.45) is 0 Å². The van der Waals surface area contributed by atoms with Crippen molar-refractivity contribution >= 4 is 5.78 Å². The van der Waals surface area contributed by atoms with Gasteiger partial charge in [0, 0.05) is 5.56 Å². The molecule has 1 N–H and O–H groups in total. The lowest BCUT2D eigenvalue weighted by molar-refractivity contribution is -0.141. The Balaban J connectivity index is 1.75. The fraction of sp³-hybridized carbons (Fsp3) is 0.105. The van der Waals surface area contributed by atoms with Gasteiger partial charge in [-0.25, -0.2) is 9.97 Å². The lowest BCUT2D eigenvalue weighted by atomic mass is 10.0. The Bertz CT molecular complexity index is 1100. The predicted molar refractivity (Wildman–Crippen MR) is 92.6 cm³/mol. The fourth-order valence-electron chi connectivity index (χ4n) is 2.77. The molecule has 0 saturated heterocycles. The highest BCUT2D eigenvalue weighted by Crippen LogP contribution is 2.29. The number of rotatable bonds is 3. The second kappa shape index (κ2) is 6.48. The molecule has 4 aromatic rings. The smallest absolute Gasteiger partial charge is 0.392 e. The molecule has 0 radical (unpaired) electrons. The summed E-state index contributed by atoms with van der Waals surface area (Å²) in [5.41, 5.74) is 2.90. The van der Waals surface area contributed by atoms with Crippen LogP contribution < -0.4 is 0 Å². The number of fused-ring (bicyclic) bond motifs is 1. The summed E-state index contributed by atoms with van der Waals surface area (Å²) in [4.78, 5) is 7.49. The molecule has 0 spiro atoms. The van der Waals surface area contributed by atoms with Crippen LogP contribution in [0.2, 0.25) is 0 Å². The molecule has 0 aliphatic rings. The zero-order chi connectivity index (χ0) is 19.0. The minimum absolute atomic E-state index is 0.0271. The van der Waals surface area contributed by atoms with Gasteiger partial charge in [0.1, 0.15) is 0 Å². The van der Waals surface area contributed by atoms with Crippen molar-refractivity contribution in [1.82, 2.24) is 19.6 Å². The second-order valence-corrected chi connectivity index (χ2v) is 5.93. The zero-order valence-electron chi connectivity index (χ0n) is 13.9. The summed E-state index contributed by atoms with van der Waals surface area (Å²) in [5, 5.41) is 13.0. The van der Waals surface area contributed by atoms with Crippen molar-refractivity contribution in [3.63, 3.8) is 0 Å². The summed E-state index contributed by atoms with van der Waals surface area (Å²) in [6.45, 7) is -0.0271. The molecule has 0 fully saturated rings. The van der Waals surface area contributed by atoms with E-state index in [0.717, 1.165) is 22.3 Å². The fourth-order valence-corrected chi connectivity index (χ4v) is 2.77. The zero-order valence-corrected chi connectivity index (χ0v) is 13.9. The standard InChI is InChI=1S/C19H13F3N4O/c20-19(21,22)17-10-24-26-16(9-23-18(26)25-17)15-3-1-2-14(8-15)13-6-4-12(11-27)5-7-13/h1-10,27H,11H2. The van der Waals surface area contributed by atoms with Crippen LogP contribution in [0, 0.1) is 0 Å². The van der Waals surface area contributed by atoms with Gasteiger partial charge in [0.15, 0.2) is 5.69 Å². The van der Waals surface area contributed by atoms with Gasteiger partial charge in [0.25, 0.3) is 5.78 Å². The first-order valence-corrected chi connectivity index (χ1v) is 8.04. The van der Waals surface area contributed by atoms with Crippen LogP contribution in [-0.4, -0.2) is 24.7 Å². The van der Waals surface area contributed by atoms with Crippen molar-refractivity contribution in [1.29, 1.82) is 0 Å². The average Bonchev–Trinajstić information content (AvgIpc) is 3.11. The van der Waals surface area contributed by atoms with E-state index in [1.54, 1.807) is 0 Å². The lowest BCUT2D eigenvalue weighted by Crippen LogP contribution is -2.11. The number of nitrogens with zero attached hydrogens (tertiary/aromatic N) is 4. The molecule has 0 unspecified atom stereocenters. The summed E-state index contributed by atoms with van der Waals surface area (Å²) in [6, 6.07) is 15.0. The minimum Gasteiger partial charge on any atom is -0.392 e. The number of aliphatic hydroxyl groups excluding tert-OH is 1. The van der Waals surface area contributed by atoms with Crippen LogP contribution in [-0.2, 0) is 12.8 Å². The van der Waals surface area contributed by atoms with Crippen molar-refractivity contribution in [3.05, 3.63) is 72.2 Å². The van der Waals surface area contributed by atoms with Crippen LogP contribution in [0.15, 0.2) is 60.9 Å². The van der Waals surface area contributed by atoms with E-state index >= 15 is 0 Å². The highest BCUT2D eigenvalue weighted by atomic mass is 19.4. The molecule has 8 heteroatoms. The highest BCUT2D eigenvalue weighted by Gasteiger charge is 2.33.